The molecule has 0 bridgehead atoms. The monoisotopic (exact) mass is 204 g/mol. The van der Waals surface area contributed by atoms with E-state index in [0.29, 0.717) is 7.11 Å². The third-order valence-electron chi connectivity index (χ3n) is 1.10. The molecule has 76 valence electrons. The normalized spacial score (nSPS) is 12.4. The number of methoxy groups -OCH3 is 1. The maximum Gasteiger partial charge on any atom is 0.415 e. The van der Waals surface area contributed by atoms with Crippen molar-refractivity contribution in [1.82, 2.24) is 0 Å². The van der Waals surface area contributed by atoms with Gasteiger partial charge >= 0.3 is 23.8 Å². The van der Waals surface area contributed by atoms with Gasteiger partial charge in [-0.15, -0.1) is 0 Å². The Morgan fingerprint density at radius 3 is 1.77 bits per heavy atom. The Hall–Kier alpha value is -1.34. The van der Waals surface area contributed by atoms with E-state index >= 15 is 0 Å². The summed E-state index contributed by atoms with van der Waals surface area (Å²) in [6.07, 6.45) is 0. The maximum atomic E-state index is 12.2. The Morgan fingerprint density at radius 1 is 1.15 bits per heavy atom. The van der Waals surface area contributed by atoms with Gasteiger partial charge in [0.15, 0.2) is 0 Å². The molecule has 0 amide bonds. The van der Waals surface area contributed by atoms with Gasteiger partial charge in [-0.25, -0.2) is 9.59 Å². The van der Waals surface area contributed by atoms with Crippen LogP contribution in [0.3, 0.4) is 0 Å². The number of carboxylic acid groups (broad SMARTS) is 1. The van der Waals surface area contributed by atoms with Crippen LogP contribution >= 0.6 is 0 Å². The molecular formula is C5H4F4O4. The summed E-state index contributed by atoms with van der Waals surface area (Å²) in [5.74, 6) is -16.5. The molecule has 13 heavy (non-hydrogen) atoms. The Morgan fingerprint density at radius 2 is 1.54 bits per heavy atom. The molecule has 0 saturated carbocycles. The number of aliphatic carboxylic acids is 1. The molecule has 0 atom stereocenters. The molecule has 0 aromatic heterocycles. The van der Waals surface area contributed by atoms with Crippen molar-refractivity contribution >= 4 is 11.9 Å². The molecular weight excluding hydrogens is 200 g/mol. The van der Waals surface area contributed by atoms with Gasteiger partial charge < -0.3 is 9.84 Å². The van der Waals surface area contributed by atoms with Crippen LogP contribution in [0.2, 0.25) is 0 Å². The third kappa shape index (κ3) is 1.70. The summed E-state index contributed by atoms with van der Waals surface area (Å²) in [6.45, 7) is 0. The zero-order valence-electron chi connectivity index (χ0n) is 6.18. The number of halogens is 4. The fourth-order valence-corrected chi connectivity index (χ4v) is 0.391. The van der Waals surface area contributed by atoms with Crippen LogP contribution in [-0.2, 0) is 14.3 Å². The second-order valence-electron chi connectivity index (χ2n) is 1.95. The van der Waals surface area contributed by atoms with E-state index in [1.807, 2.05) is 0 Å². The van der Waals surface area contributed by atoms with Gasteiger partial charge in [-0.2, -0.15) is 17.6 Å². The molecule has 0 fully saturated rings. The molecule has 0 aliphatic heterocycles. The maximum absolute atomic E-state index is 12.2. The standard InChI is InChI=1S/C5H4F4O4/c1-13-3(12)5(8,9)4(6,7)2(10)11/h1H3,(H,10,11). The average molecular weight is 204 g/mol. The molecule has 0 aromatic rings. The fraction of sp³-hybridized carbons (Fsp3) is 0.600. The Labute approximate surface area is 69.1 Å². The largest absolute Gasteiger partial charge is 0.477 e. The minimum atomic E-state index is -5.47. The highest BCUT2D eigenvalue weighted by Crippen LogP contribution is 2.35. The van der Waals surface area contributed by atoms with Gasteiger partial charge in [0.25, 0.3) is 0 Å². The molecule has 0 aromatic carbocycles. The second-order valence-corrected chi connectivity index (χ2v) is 1.95. The van der Waals surface area contributed by atoms with E-state index in [4.69, 9.17) is 5.11 Å². The zero-order valence-corrected chi connectivity index (χ0v) is 6.18. The predicted molar refractivity (Wildman–Crippen MR) is 29.5 cm³/mol. The van der Waals surface area contributed by atoms with Crippen LogP contribution in [0.4, 0.5) is 17.6 Å². The molecule has 0 aliphatic rings. The van der Waals surface area contributed by atoms with Gasteiger partial charge in [0.2, 0.25) is 0 Å². The molecule has 0 rings (SSSR count). The quantitative estimate of drug-likeness (QED) is 0.537. The lowest BCUT2D eigenvalue weighted by atomic mass is 10.2. The van der Waals surface area contributed by atoms with Crippen molar-refractivity contribution in [2.24, 2.45) is 0 Å². The number of hydrogen-bond acceptors (Lipinski definition) is 3. The highest BCUT2D eigenvalue weighted by molar-refractivity contribution is 5.88. The van der Waals surface area contributed by atoms with E-state index < -0.39 is 23.8 Å². The van der Waals surface area contributed by atoms with Crippen LogP contribution in [0.1, 0.15) is 0 Å². The van der Waals surface area contributed by atoms with E-state index in [1.165, 1.54) is 0 Å². The Kier molecular flexibility index (Phi) is 2.86. The van der Waals surface area contributed by atoms with E-state index in [-0.39, 0.29) is 0 Å². The van der Waals surface area contributed by atoms with E-state index in [2.05, 4.69) is 4.74 Å². The first-order chi connectivity index (χ1) is 5.67. The summed E-state index contributed by atoms with van der Waals surface area (Å²) in [5, 5.41) is 7.68. The lowest BCUT2D eigenvalue weighted by Crippen LogP contribution is -2.52. The number of carboxylic acids is 1. The minimum Gasteiger partial charge on any atom is -0.477 e. The van der Waals surface area contributed by atoms with Gasteiger partial charge in [0.05, 0.1) is 7.11 Å². The van der Waals surface area contributed by atoms with Crippen molar-refractivity contribution in [2.75, 3.05) is 7.11 Å². The zero-order chi connectivity index (χ0) is 10.9. The van der Waals surface area contributed by atoms with Crippen LogP contribution < -0.4 is 0 Å². The lowest BCUT2D eigenvalue weighted by molar-refractivity contribution is -0.233. The van der Waals surface area contributed by atoms with Gasteiger partial charge in [-0.3, -0.25) is 0 Å². The highest BCUT2D eigenvalue weighted by atomic mass is 19.3. The summed E-state index contributed by atoms with van der Waals surface area (Å²) in [4.78, 5) is 19.7. The molecule has 0 unspecified atom stereocenters. The summed E-state index contributed by atoms with van der Waals surface area (Å²) >= 11 is 0. The number of esters is 1. The van der Waals surface area contributed by atoms with Crippen molar-refractivity contribution in [1.29, 1.82) is 0 Å². The van der Waals surface area contributed by atoms with E-state index in [9.17, 15) is 27.2 Å². The summed E-state index contributed by atoms with van der Waals surface area (Å²) in [5.41, 5.74) is 0. The molecule has 4 nitrogen and oxygen atoms in total. The SMILES string of the molecule is COC(=O)C(F)(F)C(F)(F)C(=O)O. The third-order valence-corrected chi connectivity index (χ3v) is 1.10. The topological polar surface area (TPSA) is 63.6 Å². The van der Waals surface area contributed by atoms with Gasteiger partial charge in [0.1, 0.15) is 0 Å². The average Bonchev–Trinajstić information content (AvgIpc) is 2.02. The van der Waals surface area contributed by atoms with Crippen LogP contribution in [0.15, 0.2) is 0 Å². The number of carbonyl (C=O) groups is 2. The van der Waals surface area contributed by atoms with Crippen molar-refractivity contribution in [3.05, 3.63) is 0 Å². The minimum absolute atomic E-state index is 0.439. The number of hydrogen-bond donors (Lipinski definition) is 1. The number of carbonyl (C=O) groups excluding carboxylic acids is 1. The highest BCUT2D eigenvalue weighted by Gasteiger charge is 2.68. The van der Waals surface area contributed by atoms with E-state index in [0.717, 1.165) is 0 Å². The summed E-state index contributed by atoms with van der Waals surface area (Å²) in [6, 6.07) is 0. The van der Waals surface area contributed by atoms with Crippen LogP contribution in [0, 0.1) is 0 Å². The van der Waals surface area contributed by atoms with Crippen molar-refractivity contribution in [3.8, 4) is 0 Å². The van der Waals surface area contributed by atoms with Crippen molar-refractivity contribution in [3.63, 3.8) is 0 Å². The molecule has 0 heterocycles. The van der Waals surface area contributed by atoms with Crippen molar-refractivity contribution in [2.45, 2.75) is 11.8 Å². The first kappa shape index (κ1) is 11.7. The van der Waals surface area contributed by atoms with Gasteiger partial charge in [0, 0.05) is 0 Å². The first-order valence-electron chi connectivity index (χ1n) is 2.75. The number of alkyl halides is 4. The predicted octanol–water partition coefficient (Wildman–Crippen LogP) is 0.515. The molecule has 8 heteroatoms. The smallest absolute Gasteiger partial charge is 0.415 e. The summed E-state index contributed by atoms with van der Waals surface area (Å²) in [7, 11) is 0.439. The summed E-state index contributed by atoms with van der Waals surface area (Å²) < 4.78 is 52.0. The fourth-order valence-electron chi connectivity index (χ4n) is 0.391. The first-order valence-corrected chi connectivity index (χ1v) is 2.75. The van der Waals surface area contributed by atoms with Crippen molar-refractivity contribution < 1.29 is 37.0 Å². The van der Waals surface area contributed by atoms with Crippen LogP contribution in [0.5, 0.6) is 0 Å². The second kappa shape index (κ2) is 3.19. The van der Waals surface area contributed by atoms with Crippen LogP contribution in [0.25, 0.3) is 0 Å². The van der Waals surface area contributed by atoms with Crippen LogP contribution in [-0.4, -0.2) is 36.0 Å². The molecule has 0 spiro atoms. The Balaban J connectivity index is 5.02. The van der Waals surface area contributed by atoms with Gasteiger partial charge in [-0.1, -0.05) is 0 Å². The number of ether oxygens (including phenoxy) is 1. The number of rotatable bonds is 3. The molecule has 0 aliphatic carbocycles. The van der Waals surface area contributed by atoms with Gasteiger partial charge in [-0.05, 0) is 0 Å². The molecule has 0 radical (unpaired) electrons. The Bertz CT molecular complexity index is 237. The molecule has 1 N–H and O–H groups in total. The van der Waals surface area contributed by atoms with E-state index in [1.54, 1.807) is 0 Å². The molecule has 0 saturated heterocycles. The lowest BCUT2D eigenvalue weighted by Gasteiger charge is -2.19.